The summed E-state index contributed by atoms with van der Waals surface area (Å²) in [4.78, 5) is 16.8. The van der Waals surface area contributed by atoms with Gasteiger partial charge in [-0.15, -0.1) is 13.2 Å². The minimum atomic E-state index is -4.82. The van der Waals surface area contributed by atoms with Gasteiger partial charge >= 0.3 is 12.3 Å². The molecule has 7 nitrogen and oxygen atoms in total. The molecule has 2 aromatic carbocycles. The molecule has 37 heavy (non-hydrogen) atoms. The highest BCUT2D eigenvalue weighted by Crippen LogP contribution is 2.38. The average molecular weight is 578 g/mol. The quantitative estimate of drug-likeness (QED) is 0.233. The van der Waals surface area contributed by atoms with Crippen LogP contribution in [0.5, 0.6) is 5.75 Å². The van der Waals surface area contributed by atoms with Crippen molar-refractivity contribution in [1.29, 1.82) is 0 Å². The van der Waals surface area contributed by atoms with Crippen molar-refractivity contribution in [1.82, 2.24) is 14.7 Å². The number of alkyl halides is 3. The van der Waals surface area contributed by atoms with Gasteiger partial charge in [-0.25, -0.2) is 0 Å². The summed E-state index contributed by atoms with van der Waals surface area (Å²) in [6, 6.07) is 11.8. The molecule has 4 aromatic rings. The van der Waals surface area contributed by atoms with E-state index in [4.69, 9.17) is 9.26 Å². The Morgan fingerprint density at radius 3 is 2.65 bits per heavy atom. The first-order chi connectivity index (χ1) is 17.3. The zero-order valence-electron chi connectivity index (χ0n) is 20.2. The largest absolute Gasteiger partial charge is 0.573 e. The molecule has 0 aliphatic carbocycles. The summed E-state index contributed by atoms with van der Waals surface area (Å²) >= 11 is 3.18. The Morgan fingerprint density at radius 2 is 1.92 bits per heavy atom. The average Bonchev–Trinajstić information content (AvgIpc) is 3.46. The number of carbonyl (C=O) groups is 1. The summed E-state index contributed by atoms with van der Waals surface area (Å²) in [5, 5.41) is 4.99. The Kier molecular flexibility index (Phi) is 6.29. The van der Waals surface area contributed by atoms with Crippen molar-refractivity contribution in [3.63, 3.8) is 0 Å². The number of ether oxygens (including phenoxy) is 2. The second-order valence-electron chi connectivity index (χ2n) is 9.92. The van der Waals surface area contributed by atoms with E-state index >= 15 is 0 Å². The van der Waals surface area contributed by atoms with Gasteiger partial charge in [-0.05, 0) is 69.7 Å². The van der Waals surface area contributed by atoms with Gasteiger partial charge < -0.3 is 18.6 Å². The lowest BCUT2D eigenvalue weighted by atomic mass is 10.00. The smallest absolute Gasteiger partial charge is 0.460 e. The maximum atomic E-state index is 12.7. The molecule has 194 valence electrons. The molecule has 1 aliphatic heterocycles. The minimum absolute atomic E-state index is 0.0558. The van der Waals surface area contributed by atoms with E-state index in [9.17, 15) is 18.0 Å². The van der Waals surface area contributed by atoms with Gasteiger partial charge in [-0.1, -0.05) is 21.1 Å². The summed E-state index contributed by atoms with van der Waals surface area (Å²) in [6.07, 6.45) is -3.63. The van der Waals surface area contributed by atoms with Crippen molar-refractivity contribution in [3.05, 3.63) is 52.6 Å². The molecule has 0 spiro atoms. The number of aryl methyl sites for hydroxylation is 1. The Hall–Kier alpha value is -3.34. The number of nitrogens with zero attached hydrogens (tertiary/aromatic N) is 3. The summed E-state index contributed by atoms with van der Waals surface area (Å²) in [6.45, 7) is 6.37. The third-order valence-corrected chi connectivity index (χ3v) is 6.38. The third kappa shape index (κ3) is 5.66. The molecule has 0 saturated carbocycles. The third-order valence-electron chi connectivity index (χ3n) is 5.92. The van der Waals surface area contributed by atoms with Gasteiger partial charge in [-0.3, -0.25) is 4.79 Å². The van der Waals surface area contributed by atoms with Crippen molar-refractivity contribution in [2.45, 2.75) is 58.0 Å². The first-order valence-electron chi connectivity index (χ1n) is 11.6. The Morgan fingerprint density at radius 1 is 1.14 bits per heavy atom. The van der Waals surface area contributed by atoms with E-state index in [0.717, 1.165) is 29.6 Å². The van der Waals surface area contributed by atoms with Crippen LogP contribution in [0.2, 0.25) is 0 Å². The summed E-state index contributed by atoms with van der Waals surface area (Å²) in [5.74, 6) is -0.186. The SMILES string of the molecule is CC(C)(C)OC(=O)CC1CCn2c1cc1cc(-c3noc(-c4cc(Br)cc(OC(F)(F)F)c4)n3)ccc12. The Bertz CT molecular complexity index is 1490. The molecule has 3 heterocycles. The fraction of sp³-hybridized carbons (Fsp3) is 0.346. The van der Waals surface area contributed by atoms with Crippen LogP contribution < -0.4 is 4.74 Å². The molecule has 1 unspecified atom stereocenters. The monoisotopic (exact) mass is 577 g/mol. The predicted molar refractivity (Wildman–Crippen MR) is 133 cm³/mol. The summed E-state index contributed by atoms with van der Waals surface area (Å²) in [5.41, 5.74) is 2.57. The van der Waals surface area contributed by atoms with E-state index in [2.05, 4.69) is 41.4 Å². The molecule has 11 heteroatoms. The number of rotatable bonds is 5. The molecule has 0 radical (unpaired) electrons. The molecule has 0 fully saturated rings. The second kappa shape index (κ2) is 9.20. The number of halogens is 4. The van der Waals surface area contributed by atoms with Crippen molar-refractivity contribution >= 4 is 32.8 Å². The lowest BCUT2D eigenvalue weighted by molar-refractivity contribution is -0.274. The van der Waals surface area contributed by atoms with Gasteiger partial charge in [0.25, 0.3) is 5.89 Å². The predicted octanol–water partition coefficient (Wildman–Crippen LogP) is 7.24. The molecule has 0 saturated heterocycles. The van der Waals surface area contributed by atoms with Crippen LogP contribution in [0.3, 0.4) is 0 Å². The lowest BCUT2D eigenvalue weighted by Gasteiger charge is -2.20. The first-order valence-corrected chi connectivity index (χ1v) is 12.4. The minimum Gasteiger partial charge on any atom is -0.460 e. The second-order valence-corrected chi connectivity index (χ2v) is 10.8. The standard InChI is InChI=1S/C26H23BrF3N3O4/c1-25(2,3)36-22(34)12-14-6-7-33-20-5-4-15(8-16(20)11-21(14)33)23-31-24(37-32-23)17-9-18(27)13-19(10-17)35-26(28,29)30/h4-5,8-11,13-14H,6-7,12H2,1-3H3. The van der Waals surface area contributed by atoms with E-state index < -0.39 is 17.7 Å². The van der Waals surface area contributed by atoms with E-state index in [1.165, 1.54) is 12.1 Å². The molecule has 1 aliphatic rings. The highest BCUT2D eigenvalue weighted by Gasteiger charge is 2.32. The van der Waals surface area contributed by atoms with Gasteiger partial charge in [0.15, 0.2) is 0 Å². The van der Waals surface area contributed by atoms with Crippen LogP contribution in [-0.2, 0) is 16.1 Å². The molecular weight excluding hydrogens is 555 g/mol. The van der Waals surface area contributed by atoms with E-state index in [1.54, 1.807) is 6.07 Å². The Balaban J connectivity index is 1.39. The summed E-state index contributed by atoms with van der Waals surface area (Å²) < 4.78 is 55.4. The normalized spacial score (nSPS) is 15.7. The van der Waals surface area contributed by atoms with Crippen LogP contribution in [0.1, 0.15) is 45.2 Å². The van der Waals surface area contributed by atoms with E-state index in [0.29, 0.717) is 22.3 Å². The topological polar surface area (TPSA) is 79.4 Å². The lowest BCUT2D eigenvalue weighted by Crippen LogP contribution is -2.24. The number of carbonyl (C=O) groups excluding carboxylic acids is 1. The van der Waals surface area contributed by atoms with E-state index in [-0.39, 0.29) is 23.3 Å². The van der Waals surface area contributed by atoms with Crippen LogP contribution in [-0.4, -0.2) is 32.6 Å². The van der Waals surface area contributed by atoms with E-state index in [1.807, 2.05) is 39.0 Å². The van der Waals surface area contributed by atoms with Crippen molar-refractivity contribution < 1.29 is 32.0 Å². The van der Waals surface area contributed by atoms with Crippen molar-refractivity contribution in [3.8, 4) is 28.6 Å². The van der Waals surface area contributed by atoms with Gasteiger partial charge in [0.1, 0.15) is 11.4 Å². The zero-order chi connectivity index (χ0) is 26.5. The fourth-order valence-corrected chi connectivity index (χ4v) is 5.05. The molecule has 2 aromatic heterocycles. The summed E-state index contributed by atoms with van der Waals surface area (Å²) in [7, 11) is 0. The number of hydrogen-bond donors (Lipinski definition) is 0. The molecule has 0 N–H and O–H groups in total. The zero-order valence-corrected chi connectivity index (χ0v) is 21.8. The highest BCUT2D eigenvalue weighted by atomic mass is 79.9. The van der Waals surface area contributed by atoms with Crippen LogP contribution >= 0.6 is 15.9 Å². The molecule has 1 atom stereocenters. The molecule has 0 amide bonds. The van der Waals surface area contributed by atoms with Gasteiger partial charge in [0.2, 0.25) is 5.82 Å². The van der Waals surface area contributed by atoms with Crippen molar-refractivity contribution in [2.24, 2.45) is 0 Å². The number of benzene rings is 2. The van der Waals surface area contributed by atoms with Gasteiger partial charge in [0.05, 0.1) is 6.42 Å². The number of aromatic nitrogens is 3. The Labute approximate surface area is 218 Å². The highest BCUT2D eigenvalue weighted by molar-refractivity contribution is 9.10. The van der Waals surface area contributed by atoms with Crippen LogP contribution in [0, 0.1) is 0 Å². The molecule has 0 bridgehead atoms. The number of esters is 1. The maximum Gasteiger partial charge on any atom is 0.573 e. The molecular formula is C26H23BrF3N3O4. The van der Waals surface area contributed by atoms with Crippen LogP contribution in [0.4, 0.5) is 13.2 Å². The van der Waals surface area contributed by atoms with Crippen molar-refractivity contribution in [2.75, 3.05) is 0 Å². The van der Waals surface area contributed by atoms with Crippen LogP contribution in [0.15, 0.2) is 51.5 Å². The maximum absolute atomic E-state index is 12.7. The van der Waals surface area contributed by atoms with Crippen LogP contribution in [0.25, 0.3) is 33.7 Å². The number of fused-ring (bicyclic) bond motifs is 3. The first kappa shape index (κ1) is 25.3. The van der Waals surface area contributed by atoms with Gasteiger partial charge in [0, 0.05) is 44.7 Å². The fourth-order valence-electron chi connectivity index (χ4n) is 4.58. The van der Waals surface area contributed by atoms with Gasteiger partial charge in [-0.2, -0.15) is 4.98 Å². The number of hydrogen-bond acceptors (Lipinski definition) is 6. The molecule has 5 rings (SSSR count).